The Morgan fingerprint density at radius 1 is 0.880 bits per heavy atom. The minimum atomic E-state index is 0.153. The van der Waals surface area contributed by atoms with Gasteiger partial charge in [0.1, 0.15) is 5.75 Å². The van der Waals surface area contributed by atoms with Gasteiger partial charge in [-0.15, -0.1) is 5.10 Å². The van der Waals surface area contributed by atoms with Gasteiger partial charge in [-0.1, -0.05) is 17.7 Å². The second-order valence-electron chi connectivity index (χ2n) is 5.97. The van der Waals surface area contributed by atoms with Crippen molar-refractivity contribution in [2.24, 2.45) is 0 Å². The Labute approximate surface area is 147 Å². The molecule has 6 nitrogen and oxygen atoms in total. The standard InChI is InChI=1S/C19H21N5O/c1-13(2)25-17-10-8-15(9-11-17)21-18-12-20-24-19(23-18)22-16-6-4-14(3)5-7-16/h4-13H,1-3H3,(H2,21,22,23,24). The zero-order chi connectivity index (χ0) is 17.6. The van der Waals surface area contributed by atoms with Gasteiger partial charge in [0.05, 0.1) is 12.3 Å². The van der Waals surface area contributed by atoms with Crippen molar-refractivity contribution in [2.75, 3.05) is 10.6 Å². The van der Waals surface area contributed by atoms with Crippen LogP contribution >= 0.6 is 0 Å². The largest absolute Gasteiger partial charge is 0.491 e. The van der Waals surface area contributed by atoms with E-state index in [2.05, 4.69) is 25.8 Å². The molecule has 0 aliphatic heterocycles. The van der Waals surface area contributed by atoms with Crippen molar-refractivity contribution in [1.29, 1.82) is 0 Å². The summed E-state index contributed by atoms with van der Waals surface area (Å²) in [5.41, 5.74) is 3.02. The first kappa shape index (κ1) is 16.7. The highest BCUT2D eigenvalue weighted by Crippen LogP contribution is 2.20. The maximum Gasteiger partial charge on any atom is 0.249 e. The highest BCUT2D eigenvalue weighted by atomic mass is 16.5. The third kappa shape index (κ3) is 4.91. The van der Waals surface area contributed by atoms with Crippen LogP contribution in [0, 0.1) is 6.92 Å². The van der Waals surface area contributed by atoms with Crippen molar-refractivity contribution >= 4 is 23.1 Å². The molecule has 1 aromatic heterocycles. The van der Waals surface area contributed by atoms with E-state index in [9.17, 15) is 0 Å². The van der Waals surface area contributed by atoms with Crippen molar-refractivity contribution in [3.8, 4) is 5.75 Å². The van der Waals surface area contributed by atoms with Crippen LogP contribution in [0.4, 0.5) is 23.1 Å². The average Bonchev–Trinajstić information content (AvgIpc) is 2.59. The van der Waals surface area contributed by atoms with Crippen LogP contribution in [0.15, 0.2) is 54.7 Å². The highest BCUT2D eigenvalue weighted by Gasteiger charge is 2.03. The molecule has 3 aromatic rings. The smallest absolute Gasteiger partial charge is 0.249 e. The van der Waals surface area contributed by atoms with Gasteiger partial charge in [0.15, 0.2) is 5.82 Å². The number of aryl methyl sites for hydroxylation is 1. The predicted molar refractivity (Wildman–Crippen MR) is 99.8 cm³/mol. The molecule has 0 aliphatic carbocycles. The summed E-state index contributed by atoms with van der Waals surface area (Å²) in [6, 6.07) is 15.7. The fourth-order valence-electron chi connectivity index (χ4n) is 2.22. The first-order valence-corrected chi connectivity index (χ1v) is 8.15. The van der Waals surface area contributed by atoms with Crippen molar-refractivity contribution in [3.63, 3.8) is 0 Å². The lowest BCUT2D eigenvalue weighted by molar-refractivity contribution is 0.242. The lowest BCUT2D eigenvalue weighted by Crippen LogP contribution is -2.05. The Morgan fingerprint density at radius 3 is 2.20 bits per heavy atom. The van der Waals surface area contributed by atoms with E-state index in [4.69, 9.17) is 4.74 Å². The van der Waals surface area contributed by atoms with Crippen LogP contribution in [0.25, 0.3) is 0 Å². The van der Waals surface area contributed by atoms with Crippen LogP contribution in [-0.2, 0) is 0 Å². The molecule has 0 bridgehead atoms. The molecule has 0 saturated heterocycles. The highest BCUT2D eigenvalue weighted by molar-refractivity contribution is 5.59. The van der Waals surface area contributed by atoms with Gasteiger partial charge in [0.2, 0.25) is 5.95 Å². The third-order valence-corrected chi connectivity index (χ3v) is 3.37. The number of hydrogen-bond acceptors (Lipinski definition) is 6. The molecular formula is C19H21N5O. The number of benzene rings is 2. The van der Waals surface area contributed by atoms with Gasteiger partial charge in [0, 0.05) is 11.4 Å². The van der Waals surface area contributed by atoms with Crippen LogP contribution < -0.4 is 15.4 Å². The molecule has 2 aromatic carbocycles. The number of rotatable bonds is 6. The normalized spacial score (nSPS) is 10.6. The molecule has 0 aliphatic rings. The first-order chi connectivity index (χ1) is 12.1. The molecule has 25 heavy (non-hydrogen) atoms. The molecular weight excluding hydrogens is 314 g/mol. The minimum absolute atomic E-state index is 0.153. The van der Waals surface area contributed by atoms with Gasteiger partial charge in [-0.25, -0.2) is 0 Å². The lowest BCUT2D eigenvalue weighted by atomic mass is 10.2. The van der Waals surface area contributed by atoms with Gasteiger partial charge < -0.3 is 15.4 Å². The van der Waals surface area contributed by atoms with Crippen molar-refractivity contribution in [3.05, 3.63) is 60.3 Å². The summed E-state index contributed by atoms with van der Waals surface area (Å²) in [6.07, 6.45) is 1.74. The van der Waals surface area contributed by atoms with Crippen LogP contribution in [0.1, 0.15) is 19.4 Å². The Morgan fingerprint density at radius 2 is 1.52 bits per heavy atom. The molecule has 0 radical (unpaired) electrons. The maximum absolute atomic E-state index is 5.64. The van der Waals surface area contributed by atoms with E-state index in [1.54, 1.807) is 6.20 Å². The van der Waals surface area contributed by atoms with Gasteiger partial charge >= 0.3 is 0 Å². The molecule has 1 heterocycles. The molecule has 0 amide bonds. The lowest BCUT2D eigenvalue weighted by Gasteiger charge is -2.11. The van der Waals surface area contributed by atoms with E-state index in [1.807, 2.05) is 69.3 Å². The summed E-state index contributed by atoms with van der Waals surface area (Å²) in [7, 11) is 0. The summed E-state index contributed by atoms with van der Waals surface area (Å²) in [5, 5.41) is 14.4. The number of nitrogens with one attached hydrogen (secondary N) is 2. The summed E-state index contributed by atoms with van der Waals surface area (Å²) in [4.78, 5) is 4.43. The van der Waals surface area contributed by atoms with Crippen molar-refractivity contribution < 1.29 is 4.74 Å². The van der Waals surface area contributed by atoms with Gasteiger partial charge in [-0.2, -0.15) is 10.1 Å². The Bertz CT molecular complexity index is 816. The van der Waals surface area contributed by atoms with E-state index in [-0.39, 0.29) is 6.10 Å². The number of aromatic nitrogens is 3. The Kier molecular flexibility index (Phi) is 5.09. The topological polar surface area (TPSA) is 72.0 Å². The Hall–Kier alpha value is -3.15. The number of nitrogens with zero attached hydrogens (tertiary/aromatic N) is 3. The molecule has 6 heteroatoms. The summed E-state index contributed by atoms with van der Waals surface area (Å²) in [6.45, 7) is 6.05. The average molecular weight is 335 g/mol. The zero-order valence-electron chi connectivity index (χ0n) is 14.5. The van der Waals surface area contributed by atoms with Gasteiger partial charge in [0.25, 0.3) is 0 Å². The summed E-state index contributed by atoms with van der Waals surface area (Å²) in [5.74, 6) is 1.89. The number of ether oxygens (including phenoxy) is 1. The predicted octanol–water partition coefficient (Wildman–Crippen LogP) is 4.45. The molecule has 0 unspecified atom stereocenters. The second kappa shape index (κ2) is 7.61. The van der Waals surface area contributed by atoms with Crippen LogP contribution in [0.5, 0.6) is 5.75 Å². The van der Waals surface area contributed by atoms with E-state index >= 15 is 0 Å². The molecule has 128 valence electrons. The third-order valence-electron chi connectivity index (χ3n) is 3.37. The summed E-state index contributed by atoms with van der Waals surface area (Å²) < 4.78 is 5.64. The van der Waals surface area contributed by atoms with E-state index in [0.717, 1.165) is 17.1 Å². The van der Waals surface area contributed by atoms with Crippen LogP contribution in [-0.4, -0.2) is 21.3 Å². The molecule has 2 N–H and O–H groups in total. The molecule has 0 fully saturated rings. The quantitative estimate of drug-likeness (QED) is 0.693. The van der Waals surface area contributed by atoms with Crippen molar-refractivity contribution in [1.82, 2.24) is 15.2 Å². The minimum Gasteiger partial charge on any atom is -0.491 e. The second-order valence-corrected chi connectivity index (χ2v) is 5.97. The fraction of sp³-hybridized carbons (Fsp3) is 0.211. The van der Waals surface area contributed by atoms with Gasteiger partial charge in [-0.3, -0.25) is 0 Å². The van der Waals surface area contributed by atoms with E-state index in [0.29, 0.717) is 11.8 Å². The van der Waals surface area contributed by atoms with E-state index in [1.165, 1.54) is 5.56 Å². The Balaban J connectivity index is 1.68. The fourth-order valence-corrected chi connectivity index (χ4v) is 2.22. The number of hydrogen-bond donors (Lipinski definition) is 2. The molecule has 3 rings (SSSR count). The SMILES string of the molecule is Cc1ccc(Nc2nncc(Nc3ccc(OC(C)C)cc3)n2)cc1. The summed E-state index contributed by atoms with van der Waals surface area (Å²) >= 11 is 0. The van der Waals surface area contributed by atoms with Crippen molar-refractivity contribution in [2.45, 2.75) is 26.9 Å². The molecule has 0 atom stereocenters. The zero-order valence-corrected chi connectivity index (χ0v) is 14.5. The molecule has 0 saturated carbocycles. The maximum atomic E-state index is 5.64. The van der Waals surface area contributed by atoms with Crippen LogP contribution in [0.3, 0.4) is 0 Å². The first-order valence-electron chi connectivity index (χ1n) is 8.15. The van der Waals surface area contributed by atoms with Gasteiger partial charge in [-0.05, 0) is 57.2 Å². The monoisotopic (exact) mass is 335 g/mol. The molecule has 0 spiro atoms. The number of anilines is 4. The van der Waals surface area contributed by atoms with E-state index < -0.39 is 0 Å². The van der Waals surface area contributed by atoms with Crippen LogP contribution in [0.2, 0.25) is 0 Å².